The maximum Gasteiger partial charge on any atom is 0.187 e. The zero-order valence-corrected chi connectivity index (χ0v) is 25.1. The Morgan fingerprint density at radius 2 is 1.23 bits per heavy atom. The first-order chi connectivity index (χ1) is 21.5. The van der Waals surface area contributed by atoms with Crippen LogP contribution in [-0.4, -0.2) is 74.3 Å². The van der Waals surface area contributed by atoms with Crippen LogP contribution in [-0.2, 0) is 62.5 Å². The van der Waals surface area contributed by atoms with E-state index in [4.69, 9.17) is 42.6 Å². The van der Waals surface area contributed by atoms with Gasteiger partial charge >= 0.3 is 0 Å². The summed E-state index contributed by atoms with van der Waals surface area (Å²) in [7, 11) is 0. The lowest BCUT2D eigenvalue weighted by atomic mass is 10.0. The lowest BCUT2D eigenvalue weighted by Gasteiger charge is -2.37. The van der Waals surface area contributed by atoms with Crippen molar-refractivity contribution in [2.24, 2.45) is 0 Å². The van der Waals surface area contributed by atoms with Crippen molar-refractivity contribution in [2.75, 3.05) is 13.2 Å². The van der Waals surface area contributed by atoms with Crippen LogP contribution in [0.15, 0.2) is 91.0 Å². The van der Waals surface area contributed by atoms with E-state index in [0.29, 0.717) is 33.0 Å². The second-order valence-corrected chi connectivity index (χ2v) is 12.1. The molecule has 4 saturated heterocycles. The molecule has 0 unspecified atom stereocenters. The van der Waals surface area contributed by atoms with Gasteiger partial charge in [0.15, 0.2) is 18.4 Å². The molecule has 0 radical (unpaired) electrons. The third kappa shape index (κ3) is 6.77. The summed E-state index contributed by atoms with van der Waals surface area (Å²) in [5.41, 5.74) is 3.17. The van der Waals surface area contributed by atoms with E-state index in [1.165, 1.54) is 0 Å². The minimum Gasteiger partial charge on any atom is -0.374 e. The Labute approximate surface area is 258 Å². The quantitative estimate of drug-likeness (QED) is 0.291. The van der Waals surface area contributed by atoms with E-state index >= 15 is 0 Å². The molecule has 0 amide bonds. The molecule has 2 bridgehead atoms. The average Bonchev–Trinajstić information content (AvgIpc) is 3.72. The summed E-state index contributed by atoms with van der Waals surface area (Å²) >= 11 is 0. The second-order valence-electron chi connectivity index (χ2n) is 12.1. The normalized spacial score (nSPS) is 33.8. The molecule has 9 heteroatoms. The molecule has 0 spiro atoms. The number of hydrogen-bond donors (Lipinski definition) is 0. The molecule has 3 aromatic rings. The molecule has 3 aromatic carbocycles. The van der Waals surface area contributed by atoms with Crippen LogP contribution >= 0.6 is 0 Å². The minimum atomic E-state index is -0.799. The van der Waals surface area contributed by atoms with E-state index in [1.54, 1.807) is 0 Å². The second kappa shape index (κ2) is 13.3. The molecule has 4 aliphatic heterocycles. The number of ether oxygens (including phenoxy) is 9. The van der Waals surface area contributed by atoms with Gasteiger partial charge in [-0.25, -0.2) is 0 Å². The fraction of sp³-hybridized carbons (Fsp3) is 0.486. The molecule has 9 atom stereocenters. The van der Waals surface area contributed by atoms with Gasteiger partial charge in [0.1, 0.15) is 42.7 Å². The average molecular weight is 605 g/mol. The Morgan fingerprint density at radius 3 is 1.86 bits per heavy atom. The molecule has 0 aromatic heterocycles. The third-order valence-electron chi connectivity index (χ3n) is 8.38. The zero-order chi connectivity index (χ0) is 29.9. The zero-order valence-electron chi connectivity index (χ0n) is 25.1. The molecule has 234 valence electrons. The number of benzene rings is 3. The highest BCUT2D eigenvalue weighted by Crippen LogP contribution is 2.43. The predicted molar refractivity (Wildman–Crippen MR) is 158 cm³/mol. The van der Waals surface area contributed by atoms with Crippen molar-refractivity contribution >= 4 is 0 Å². The van der Waals surface area contributed by atoms with Gasteiger partial charge in [-0.2, -0.15) is 0 Å². The van der Waals surface area contributed by atoms with Gasteiger partial charge in [-0.15, -0.1) is 0 Å². The fourth-order valence-electron chi connectivity index (χ4n) is 6.31. The SMILES string of the molecule is CC1(C)O[C@H]2[C@@H](O1)[C@H]1CO[C@H](O1)[C@@H]2O[C@H]1O[C@H](COCc2ccccc2)[C@H](OCc2ccccc2)[C@H]1OCc1ccccc1. The monoisotopic (exact) mass is 604 g/mol. The molecule has 4 fully saturated rings. The molecule has 4 heterocycles. The molecule has 0 N–H and O–H groups in total. The molecule has 7 rings (SSSR count). The van der Waals surface area contributed by atoms with Crippen LogP contribution in [0.2, 0.25) is 0 Å². The first-order valence-electron chi connectivity index (χ1n) is 15.4. The Balaban J connectivity index is 1.13. The summed E-state index contributed by atoms with van der Waals surface area (Å²) in [6.07, 6.45) is -4.40. The Morgan fingerprint density at radius 1 is 0.659 bits per heavy atom. The van der Waals surface area contributed by atoms with Gasteiger partial charge in [0.05, 0.1) is 33.0 Å². The van der Waals surface area contributed by atoms with E-state index in [-0.39, 0.29) is 18.3 Å². The van der Waals surface area contributed by atoms with E-state index in [9.17, 15) is 0 Å². The molecule has 0 aliphatic carbocycles. The highest BCUT2D eigenvalue weighted by atomic mass is 16.8. The van der Waals surface area contributed by atoms with Crippen LogP contribution in [0.25, 0.3) is 0 Å². The van der Waals surface area contributed by atoms with Crippen LogP contribution in [0.4, 0.5) is 0 Å². The van der Waals surface area contributed by atoms with Crippen LogP contribution in [0.1, 0.15) is 30.5 Å². The summed E-state index contributed by atoms with van der Waals surface area (Å²) < 4.78 is 57.4. The largest absolute Gasteiger partial charge is 0.374 e. The number of fused-ring (bicyclic) bond motifs is 4. The molecular weight excluding hydrogens is 564 g/mol. The summed E-state index contributed by atoms with van der Waals surface area (Å²) in [5, 5.41) is 0. The number of rotatable bonds is 12. The van der Waals surface area contributed by atoms with Crippen molar-refractivity contribution in [3.05, 3.63) is 108 Å². The van der Waals surface area contributed by atoms with Gasteiger partial charge in [-0.1, -0.05) is 91.0 Å². The molecular formula is C35H40O9. The highest BCUT2D eigenvalue weighted by molar-refractivity contribution is 5.15. The predicted octanol–water partition coefficient (Wildman–Crippen LogP) is 4.76. The molecule has 0 saturated carbocycles. The smallest absolute Gasteiger partial charge is 0.187 e. The van der Waals surface area contributed by atoms with Gasteiger partial charge in [-0.05, 0) is 30.5 Å². The third-order valence-corrected chi connectivity index (χ3v) is 8.38. The lowest BCUT2D eigenvalue weighted by molar-refractivity contribution is -0.285. The maximum absolute atomic E-state index is 6.73. The number of hydrogen-bond acceptors (Lipinski definition) is 9. The first-order valence-corrected chi connectivity index (χ1v) is 15.4. The van der Waals surface area contributed by atoms with E-state index in [1.807, 2.05) is 105 Å². The summed E-state index contributed by atoms with van der Waals surface area (Å²) in [6.45, 7) is 5.72. The highest BCUT2D eigenvalue weighted by Gasteiger charge is 2.61. The summed E-state index contributed by atoms with van der Waals surface area (Å²) in [6, 6.07) is 30.2. The van der Waals surface area contributed by atoms with Crippen molar-refractivity contribution in [3.63, 3.8) is 0 Å². The summed E-state index contributed by atoms with van der Waals surface area (Å²) in [4.78, 5) is 0. The van der Waals surface area contributed by atoms with Crippen LogP contribution in [0, 0.1) is 0 Å². The van der Waals surface area contributed by atoms with Crippen molar-refractivity contribution < 1.29 is 42.6 Å². The Kier molecular flexibility index (Phi) is 9.09. The summed E-state index contributed by atoms with van der Waals surface area (Å²) in [5.74, 6) is -0.764. The van der Waals surface area contributed by atoms with E-state index in [0.717, 1.165) is 16.7 Å². The van der Waals surface area contributed by atoms with Crippen molar-refractivity contribution in [1.82, 2.24) is 0 Å². The Hall–Kier alpha value is -2.70. The van der Waals surface area contributed by atoms with Gasteiger partial charge in [-0.3, -0.25) is 0 Å². The first kappa shape index (κ1) is 30.0. The van der Waals surface area contributed by atoms with Gasteiger partial charge in [0.25, 0.3) is 0 Å². The maximum atomic E-state index is 6.73. The van der Waals surface area contributed by atoms with Gasteiger partial charge in [0, 0.05) is 0 Å². The van der Waals surface area contributed by atoms with Gasteiger partial charge < -0.3 is 42.6 Å². The lowest BCUT2D eigenvalue weighted by Crippen LogP contribution is -2.55. The van der Waals surface area contributed by atoms with Crippen LogP contribution in [0.5, 0.6) is 0 Å². The van der Waals surface area contributed by atoms with Gasteiger partial charge in [0.2, 0.25) is 0 Å². The standard InChI is InChI=1S/C35H40O9/c1-35(2)43-29-27-22-39-33(40-27)32(30(29)44-35)42-34-31(38-20-25-16-10-5-11-17-25)28(37-19-24-14-8-4-9-15-24)26(41-34)21-36-18-23-12-6-3-7-13-23/h3-17,26-34H,18-22H2,1-2H3/t26-,27-,28+,29+,30+,31-,32-,33-,34-/m1/s1. The molecule has 4 aliphatic rings. The van der Waals surface area contributed by atoms with E-state index < -0.39 is 42.8 Å². The topological polar surface area (TPSA) is 83.1 Å². The van der Waals surface area contributed by atoms with Crippen molar-refractivity contribution in [1.29, 1.82) is 0 Å². The fourth-order valence-corrected chi connectivity index (χ4v) is 6.31. The minimum absolute atomic E-state index is 0.206. The van der Waals surface area contributed by atoms with Crippen LogP contribution < -0.4 is 0 Å². The van der Waals surface area contributed by atoms with Crippen LogP contribution in [0.3, 0.4) is 0 Å². The van der Waals surface area contributed by atoms with Crippen molar-refractivity contribution in [3.8, 4) is 0 Å². The molecule has 44 heavy (non-hydrogen) atoms. The Bertz CT molecular complexity index is 1320. The van der Waals surface area contributed by atoms with Crippen molar-refractivity contribution in [2.45, 2.75) is 94.8 Å². The van der Waals surface area contributed by atoms with E-state index in [2.05, 4.69) is 0 Å². The molecule has 9 nitrogen and oxygen atoms in total.